The van der Waals surface area contributed by atoms with Gasteiger partial charge in [-0.15, -0.1) is 0 Å². The van der Waals surface area contributed by atoms with Crippen LogP contribution in [-0.2, 0) is 24.1 Å². The second-order valence-electron chi connectivity index (χ2n) is 13.5. The van der Waals surface area contributed by atoms with E-state index in [0.717, 1.165) is 47.9 Å². The number of carbonyl (C=O) groups excluding carboxylic acids is 1. The molecule has 0 spiro atoms. The van der Waals surface area contributed by atoms with E-state index in [1.807, 2.05) is 30.3 Å². The number of thiazole rings is 1. The zero-order valence-electron chi connectivity index (χ0n) is 26.4. The smallest absolute Gasteiger partial charge is 0.507 e. The maximum Gasteiger partial charge on any atom is 0.511 e. The van der Waals surface area contributed by atoms with E-state index in [-0.39, 0.29) is 29.7 Å². The molecule has 3 aromatic carbocycles. The van der Waals surface area contributed by atoms with Crippen molar-refractivity contribution in [1.29, 1.82) is 0 Å². The topological polar surface area (TPSA) is 109 Å². The minimum Gasteiger partial charge on any atom is -0.507 e. The fourth-order valence-corrected chi connectivity index (χ4v) is 9.12. The summed E-state index contributed by atoms with van der Waals surface area (Å²) in [6, 6.07) is 16.0. The van der Waals surface area contributed by atoms with Crippen molar-refractivity contribution in [2.75, 3.05) is 5.32 Å². The summed E-state index contributed by atoms with van der Waals surface area (Å²) in [5.74, 6) is 1.40. The highest BCUT2D eigenvalue weighted by Crippen LogP contribution is 2.54. The number of fused-ring (bicyclic) bond motifs is 2. The lowest BCUT2D eigenvalue weighted by atomic mass is 9.63. The Kier molecular flexibility index (Phi) is 8.73. The number of carboxylic acid groups (broad SMARTS) is 1. The number of nitrogens with zero attached hydrogens (tertiary/aromatic N) is 1. The van der Waals surface area contributed by atoms with Crippen molar-refractivity contribution in [2.45, 2.75) is 95.8 Å². The lowest BCUT2D eigenvalue weighted by molar-refractivity contribution is -0.115. The molecule has 0 aliphatic heterocycles. The van der Waals surface area contributed by atoms with Crippen LogP contribution in [0.15, 0.2) is 48.5 Å². The fourth-order valence-electron chi connectivity index (χ4n) is 8.14. The summed E-state index contributed by atoms with van der Waals surface area (Å²) in [5, 5.41) is 25.4. The van der Waals surface area contributed by atoms with Gasteiger partial charge in [0.1, 0.15) is 11.5 Å². The molecule has 7 nitrogen and oxygen atoms in total. The third-order valence-corrected chi connectivity index (χ3v) is 11.3. The highest BCUT2D eigenvalue weighted by molar-refractivity contribution is 7.22. The predicted molar refractivity (Wildman–Crippen MR) is 181 cm³/mol. The zero-order valence-corrected chi connectivity index (χ0v) is 27.2. The molecule has 3 fully saturated rings. The van der Waals surface area contributed by atoms with Crippen LogP contribution in [0, 0.1) is 11.8 Å². The molecule has 7 rings (SSSR count). The molecular formula is C38H42N2O5S. The molecule has 0 saturated heterocycles. The molecule has 8 heteroatoms. The summed E-state index contributed by atoms with van der Waals surface area (Å²) in [4.78, 5) is 30.6. The van der Waals surface area contributed by atoms with Crippen molar-refractivity contribution in [1.82, 2.24) is 4.98 Å². The second kappa shape index (κ2) is 13.1. The number of rotatable bonds is 9. The Labute approximate surface area is 274 Å². The van der Waals surface area contributed by atoms with Crippen LogP contribution in [0.5, 0.6) is 11.5 Å². The summed E-state index contributed by atoms with van der Waals surface area (Å²) in [7, 11) is 0. The Balaban J connectivity index is 1.25. The first-order valence-corrected chi connectivity index (χ1v) is 17.7. The minimum absolute atomic E-state index is 0.00709. The van der Waals surface area contributed by atoms with Crippen molar-refractivity contribution in [3.05, 3.63) is 81.9 Å². The molecule has 3 saturated carbocycles. The number of aromatic hydroxyl groups is 1. The molecule has 46 heavy (non-hydrogen) atoms. The van der Waals surface area contributed by atoms with E-state index < -0.39 is 6.16 Å². The molecule has 1 heterocycles. The zero-order chi connectivity index (χ0) is 31.8. The van der Waals surface area contributed by atoms with E-state index in [0.29, 0.717) is 46.0 Å². The summed E-state index contributed by atoms with van der Waals surface area (Å²) in [6.07, 6.45) is 9.90. The number of amides is 1. The van der Waals surface area contributed by atoms with Crippen molar-refractivity contribution in [2.24, 2.45) is 11.8 Å². The number of carbonyl (C=O) groups is 2. The average Bonchev–Trinajstić information content (AvgIpc) is 3.82. The van der Waals surface area contributed by atoms with Crippen LogP contribution in [0.1, 0.15) is 110 Å². The Morgan fingerprint density at radius 3 is 2.50 bits per heavy atom. The maximum absolute atomic E-state index is 13.6. The Bertz CT molecular complexity index is 1760. The van der Waals surface area contributed by atoms with Crippen LogP contribution in [0.25, 0.3) is 10.2 Å². The average molecular weight is 639 g/mol. The van der Waals surface area contributed by atoms with Crippen LogP contribution in [0.4, 0.5) is 9.93 Å². The number of benzene rings is 3. The molecule has 0 radical (unpaired) electrons. The number of aryl methyl sites for hydroxylation is 1. The highest BCUT2D eigenvalue weighted by Gasteiger charge is 2.40. The van der Waals surface area contributed by atoms with Gasteiger partial charge in [-0.25, -0.2) is 9.78 Å². The number of anilines is 1. The quantitative estimate of drug-likeness (QED) is 0.125. The molecule has 3 unspecified atom stereocenters. The van der Waals surface area contributed by atoms with E-state index >= 15 is 0 Å². The molecular weight excluding hydrogens is 596 g/mol. The van der Waals surface area contributed by atoms with Crippen molar-refractivity contribution >= 4 is 38.7 Å². The molecule has 3 N–H and O–H groups in total. The van der Waals surface area contributed by atoms with Gasteiger partial charge in [-0.2, -0.15) is 0 Å². The van der Waals surface area contributed by atoms with Gasteiger partial charge < -0.3 is 20.3 Å². The number of hydrogen-bond acceptors (Lipinski definition) is 6. The molecule has 0 bridgehead atoms. The summed E-state index contributed by atoms with van der Waals surface area (Å²) >= 11 is 1.49. The molecule has 4 aromatic rings. The SMILES string of the molecule is CCc1cc(C2CC2)c2nc(NC(=O)Cc3cc(Cc4ccccc4)c(OC(=O)O)c(C4CCCC5CCCCC54)c3O)sc2c1. The van der Waals surface area contributed by atoms with E-state index in [4.69, 9.17) is 9.72 Å². The largest absolute Gasteiger partial charge is 0.511 e. The first kappa shape index (κ1) is 30.7. The van der Waals surface area contributed by atoms with Crippen LogP contribution in [0.3, 0.4) is 0 Å². The van der Waals surface area contributed by atoms with Gasteiger partial charge in [-0.05, 0) is 84.6 Å². The van der Waals surface area contributed by atoms with Gasteiger partial charge in [-0.3, -0.25) is 4.79 Å². The Morgan fingerprint density at radius 1 is 0.957 bits per heavy atom. The van der Waals surface area contributed by atoms with Crippen LogP contribution in [-0.4, -0.2) is 27.3 Å². The Hall–Kier alpha value is -3.91. The number of phenolic OH excluding ortho intramolecular Hbond substituents is 1. The summed E-state index contributed by atoms with van der Waals surface area (Å²) < 4.78 is 6.64. The molecule has 1 amide bonds. The fraction of sp³-hybridized carbons (Fsp3) is 0.447. The molecule has 1 aromatic heterocycles. The number of phenols is 1. The number of ether oxygens (including phenoxy) is 1. The number of hydrogen-bond donors (Lipinski definition) is 3. The van der Waals surface area contributed by atoms with Gasteiger partial charge in [-0.1, -0.05) is 86.8 Å². The normalized spacial score (nSPS) is 21.1. The minimum atomic E-state index is -1.40. The standard InChI is InChI=1S/C38H42N2O5S/c1-2-22-18-30(25-15-16-25)34-31(19-22)46-37(40-34)39-32(41)21-26-20-27(17-23-9-4-3-5-10-23)36(45-38(43)44)33(35(26)42)29-14-8-12-24-11-6-7-13-28(24)29/h3-5,9-10,18-20,24-25,28-29,42H,2,6-8,11-17,21H2,1H3,(H,43,44)(H,39,40,41). The van der Waals surface area contributed by atoms with Crippen molar-refractivity contribution in [3.63, 3.8) is 0 Å². The molecule has 3 atom stereocenters. The van der Waals surface area contributed by atoms with Crippen molar-refractivity contribution < 1.29 is 24.5 Å². The van der Waals surface area contributed by atoms with Crippen LogP contribution in [0.2, 0.25) is 0 Å². The highest BCUT2D eigenvalue weighted by atomic mass is 32.1. The van der Waals surface area contributed by atoms with E-state index in [9.17, 15) is 19.8 Å². The number of nitrogens with one attached hydrogen (secondary N) is 1. The van der Waals surface area contributed by atoms with E-state index in [1.165, 1.54) is 54.6 Å². The van der Waals surface area contributed by atoms with Gasteiger partial charge in [0.05, 0.1) is 16.6 Å². The molecule has 3 aliphatic carbocycles. The van der Waals surface area contributed by atoms with E-state index in [1.54, 1.807) is 6.07 Å². The lowest BCUT2D eigenvalue weighted by Gasteiger charge is -2.42. The van der Waals surface area contributed by atoms with Gasteiger partial charge >= 0.3 is 6.16 Å². The predicted octanol–water partition coefficient (Wildman–Crippen LogP) is 9.34. The lowest BCUT2D eigenvalue weighted by Crippen LogP contribution is -2.30. The van der Waals surface area contributed by atoms with Crippen molar-refractivity contribution in [3.8, 4) is 11.5 Å². The van der Waals surface area contributed by atoms with Gasteiger partial charge in [0.15, 0.2) is 5.13 Å². The van der Waals surface area contributed by atoms with E-state index in [2.05, 4.69) is 24.4 Å². The molecule has 240 valence electrons. The van der Waals surface area contributed by atoms with Gasteiger partial charge in [0.25, 0.3) is 0 Å². The first-order valence-electron chi connectivity index (χ1n) is 16.9. The summed E-state index contributed by atoms with van der Waals surface area (Å²) in [5.41, 5.74) is 6.26. The van der Waals surface area contributed by atoms with Crippen LogP contribution < -0.4 is 10.1 Å². The maximum atomic E-state index is 13.6. The number of aromatic nitrogens is 1. The molecule has 3 aliphatic rings. The first-order chi connectivity index (χ1) is 22.4. The monoisotopic (exact) mass is 638 g/mol. The van der Waals surface area contributed by atoms with Crippen LogP contribution >= 0.6 is 11.3 Å². The van der Waals surface area contributed by atoms with Gasteiger partial charge in [0, 0.05) is 23.1 Å². The summed E-state index contributed by atoms with van der Waals surface area (Å²) in [6.45, 7) is 2.16. The van der Waals surface area contributed by atoms with Gasteiger partial charge in [0.2, 0.25) is 5.91 Å². The third-order valence-electron chi connectivity index (χ3n) is 10.4. The third kappa shape index (κ3) is 6.37. The second-order valence-corrected chi connectivity index (χ2v) is 14.5. The Morgan fingerprint density at radius 2 is 1.74 bits per heavy atom.